The minimum Gasteiger partial charge on any atom is -0.454 e. The SMILES string of the molecule is CCCCC/C=C/C=C/CCCCCCCC(O)C(=O)NC(COC1OC(CO)C(O)C(O)C1OC(=O)CCCCCCCCCCCCC/C=C/CCCCCCCC)C(O)/C=C/CCCCCCCCCCCCC. The van der Waals surface area contributed by atoms with Gasteiger partial charge in [0.05, 0.1) is 25.4 Å². The Hall–Kier alpha value is -2.38. The monoisotopic (exact) mass is 1090 g/mol. The lowest BCUT2D eigenvalue weighted by Crippen LogP contribution is -2.61. The van der Waals surface area contributed by atoms with Gasteiger partial charge in [-0.15, -0.1) is 0 Å². The second kappa shape index (κ2) is 54.2. The van der Waals surface area contributed by atoms with Gasteiger partial charge >= 0.3 is 5.97 Å². The highest BCUT2D eigenvalue weighted by atomic mass is 16.7. The molecule has 1 aliphatic rings. The number of unbranched alkanes of at least 4 members (excludes halogenated alkanes) is 36. The van der Waals surface area contributed by atoms with Crippen molar-refractivity contribution in [2.24, 2.45) is 0 Å². The van der Waals surface area contributed by atoms with E-state index in [1.54, 1.807) is 6.08 Å². The third-order valence-electron chi connectivity index (χ3n) is 15.2. The van der Waals surface area contributed by atoms with E-state index in [0.717, 1.165) is 77.0 Å². The van der Waals surface area contributed by atoms with E-state index >= 15 is 0 Å². The number of carbonyl (C=O) groups is 2. The smallest absolute Gasteiger partial charge is 0.306 e. The molecular weight excluding hydrogens is 967 g/mol. The summed E-state index contributed by atoms with van der Waals surface area (Å²) < 4.78 is 17.6. The number of aliphatic hydroxyl groups is 5. The fraction of sp³-hybridized carbons (Fsp3) is 0.848. The van der Waals surface area contributed by atoms with Gasteiger partial charge in [-0.25, -0.2) is 0 Å². The normalized spacial score (nSPS) is 19.3. The molecule has 0 bridgehead atoms. The molecule has 1 heterocycles. The summed E-state index contributed by atoms with van der Waals surface area (Å²) >= 11 is 0. The van der Waals surface area contributed by atoms with Crippen LogP contribution >= 0.6 is 0 Å². The number of carbonyl (C=O) groups excluding carboxylic acids is 2. The molecule has 0 aliphatic carbocycles. The fourth-order valence-corrected chi connectivity index (χ4v) is 10.0. The summed E-state index contributed by atoms with van der Waals surface area (Å²) in [4.78, 5) is 26.6. The van der Waals surface area contributed by atoms with Crippen molar-refractivity contribution in [2.45, 2.75) is 346 Å². The Kier molecular flexibility index (Phi) is 51.1. The van der Waals surface area contributed by atoms with Crippen molar-refractivity contribution >= 4 is 11.9 Å². The molecule has 8 atom stereocenters. The van der Waals surface area contributed by atoms with Crippen LogP contribution in [0.15, 0.2) is 48.6 Å². The first-order valence-corrected chi connectivity index (χ1v) is 32.4. The maximum Gasteiger partial charge on any atom is 0.306 e. The van der Waals surface area contributed by atoms with Crippen molar-refractivity contribution < 1.29 is 49.3 Å². The Balaban J connectivity index is 2.65. The van der Waals surface area contributed by atoms with Gasteiger partial charge in [-0.3, -0.25) is 9.59 Å². The molecule has 1 fully saturated rings. The minimum absolute atomic E-state index is 0.122. The largest absolute Gasteiger partial charge is 0.454 e. The van der Waals surface area contributed by atoms with Crippen LogP contribution in [0.4, 0.5) is 0 Å². The van der Waals surface area contributed by atoms with Crippen LogP contribution < -0.4 is 5.32 Å². The Labute approximate surface area is 472 Å². The van der Waals surface area contributed by atoms with Crippen LogP contribution in [0.1, 0.15) is 297 Å². The predicted octanol–water partition coefficient (Wildman–Crippen LogP) is 15.6. The van der Waals surface area contributed by atoms with Crippen molar-refractivity contribution in [1.29, 1.82) is 0 Å². The van der Waals surface area contributed by atoms with Gasteiger partial charge in [0, 0.05) is 6.42 Å². The van der Waals surface area contributed by atoms with Crippen molar-refractivity contribution in [3.05, 3.63) is 48.6 Å². The minimum atomic E-state index is -1.62. The molecule has 11 heteroatoms. The Morgan fingerprint density at radius 3 is 1.36 bits per heavy atom. The van der Waals surface area contributed by atoms with Gasteiger partial charge in [0.15, 0.2) is 12.4 Å². The van der Waals surface area contributed by atoms with Crippen LogP contribution in [-0.2, 0) is 23.8 Å². The number of esters is 1. The molecule has 77 heavy (non-hydrogen) atoms. The number of nitrogens with one attached hydrogen (secondary N) is 1. The lowest BCUT2D eigenvalue weighted by molar-refractivity contribution is -0.305. The lowest BCUT2D eigenvalue weighted by Gasteiger charge is -2.41. The van der Waals surface area contributed by atoms with Gasteiger partial charge in [0.2, 0.25) is 5.91 Å². The summed E-state index contributed by atoms with van der Waals surface area (Å²) in [7, 11) is 0. The van der Waals surface area contributed by atoms with Gasteiger partial charge in [-0.1, -0.05) is 262 Å². The van der Waals surface area contributed by atoms with Crippen LogP contribution in [0.5, 0.6) is 0 Å². The molecule has 1 amide bonds. The highest BCUT2D eigenvalue weighted by Gasteiger charge is 2.47. The van der Waals surface area contributed by atoms with E-state index in [9.17, 15) is 35.1 Å². The zero-order valence-electron chi connectivity index (χ0n) is 49.8. The van der Waals surface area contributed by atoms with Gasteiger partial charge in [0.25, 0.3) is 0 Å². The number of amides is 1. The quantitative estimate of drug-likeness (QED) is 0.0149. The lowest BCUT2D eigenvalue weighted by atomic mass is 9.99. The Bertz CT molecular complexity index is 1440. The Morgan fingerprint density at radius 1 is 0.506 bits per heavy atom. The van der Waals surface area contributed by atoms with Crippen LogP contribution in [0.3, 0.4) is 0 Å². The molecule has 1 aliphatic heterocycles. The zero-order chi connectivity index (χ0) is 56.1. The van der Waals surface area contributed by atoms with Crippen LogP contribution in [0, 0.1) is 0 Å². The van der Waals surface area contributed by atoms with Gasteiger partial charge in [-0.05, 0) is 77.0 Å². The maximum absolute atomic E-state index is 13.4. The molecular formula is C66H121NO10. The molecule has 11 nitrogen and oxygen atoms in total. The third kappa shape index (κ3) is 42.2. The maximum atomic E-state index is 13.4. The second-order valence-electron chi connectivity index (χ2n) is 22.5. The zero-order valence-corrected chi connectivity index (χ0v) is 49.8. The van der Waals surface area contributed by atoms with Gasteiger partial charge < -0.3 is 45.1 Å². The molecule has 0 aromatic heterocycles. The fourth-order valence-electron chi connectivity index (χ4n) is 10.0. The average molecular weight is 1090 g/mol. The first-order valence-electron chi connectivity index (χ1n) is 32.4. The standard InChI is InChI=1S/C66H121NO10/c1-4-7-10-13-16-19-22-25-27-28-29-30-31-32-33-36-39-42-45-48-51-54-61(71)77-64-63(73)62(72)60(55-68)76-66(64)75-56-57(58(69)52-49-46-43-40-37-34-24-21-18-15-12-9-6-3)67-65(74)59(70)53-50-47-44-41-38-35-26-23-20-17-14-11-8-5-2/h17,20,23,25-27,49,52,57-60,62-64,66,68-70,72-73H,4-16,18-19,21-22,24,28-48,50-51,53-56H2,1-3H3,(H,67,74)/b20-17+,26-23+,27-25+,52-49+. The van der Waals surface area contributed by atoms with Crippen LogP contribution in [0.2, 0.25) is 0 Å². The van der Waals surface area contributed by atoms with E-state index in [0.29, 0.717) is 12.8 Å². The molecule has 6 N–H and O–H groups in total. The molecule has 0 saturated carbocycles. The van der Waals surface area contributed by atoms with Crippen molar-refractivity contribution in [1.82, 2.24) is 5.32 Å². The van der Waals surface area contributed by atoms with E-state index in [4.69, 9.17) is 14.2 Å². The first-order chi connectivity index (χ1) is 37.7. The van der Waals surface area contributed by atoms with Gasteiger partial charge in [0.1, 0.15) is 24.4 Å². The number of allylic oxidation sites excluding steroid dienone is 7. The number of aliphatic hydroxyl groups excluding tert-OH is 5. The van der Waals surface area contributed by atoms with E-state index < -0.39 is 67.4 Å². The molecule has 1 saturated heterocycles. The molecule has 0 aromatic carbocycles. The van der Waals surface area contributed by atoms with Gasteiger partial charge in [-0.2, -0.15) is 0 Å². The number of ether oxygens (including phenoxy) is 3. The number of hydrogen-bond acceptors (Lipinski definition) is 10. The summed E-state index contributed by atoms with van der Waals surface area (Å²) in [5.41, 5.74) is 0. The van der Waals surface area contributed by atoms with Crippen molar-refractivity contribution in [3.63, 3.8) is 0 Å². The summed E-state index contributed by atoms with van der Waals surface area (Å²) in [5, 5.41) is 57.0. The number of rotatable bonds is 55. The summed E-state index contributed by atoms with van der Waals surface area (Å²) in [6.45, 7) is 5.77. The number of hydrogen-bond donors (Lipinski definition) is 6. The Morgan fingerprint density at radius 2 is 0.896 bits per heavy atom. The van der Waals surface area contributed by atoms with Crippen LogP contribution in [-0.4, -0.2) is 99.6 Å². The molecule has 0 aromatic rings. The highest BCUT2D eigenvalue weighted by Crippen LogP contribution is 2.26. The van der Waals surface area contributed by atoms with E-state index in [1.165, 1.54) is 173 Å². The molecule has 8 unspecified atom stereocenters. The van der Waals surface area contributed by atoms with E-state index in [2.05, 4.69) is 62.5 Å². The second-order valence-corrected chi connectivity index (χ2v) is 22.5. The summed E-state index contributed by atoms with van der Waals surface area (Å²) in [6.07, 6.45) is 55.7. The predicted molar refractivity (Wildman–Crippen MR) is 320 cm³/mol. The summed E-state index contributed by atoms with van der Waals surface area (Å²) in [5.74, 6) is -1.20. The topological polar surface area (TPSA) is 175 Å². The van der Waals surface area contributed by atoms with Crippen molar-refractivity contribution in [3.8, 4) is 0 Å². The molecule has 450 valence electrons. The van der Waals surface area contributed by atoms with Crippen molar-refractivity contribution in [2.75, 3.05) is 13.2 Å². The van der Waals surface area contributed by atoms with Crippen LogP contribution in [0.25, 0.3) is 0 Å². The average Bonchev–Trinajstić information content (AvgIpc) is 3.43. The highest BCUT2D eigenvalue weighted by molar-refractivity contribution is 5.80. The third-order valence-corrected chi connectivity index (χ3v) is 15.2. The first kappa shape index (κ1) is 72.6. The summed E-state index contributed by atoms with van der Waals surface area (Å²) in [6, 6.07) is -1.03. The molecule has 0 radical (unpaired) electrons. The van der Waals surface area contributed by atoms with E-state index in [-0.39, 0.29) is 19.4 Å². The molecule has 0 spiro atoms. The molecule has 1 rings (SSSR count). The van der Waals surface area contributed by atoms with E-state index in [1.807, 2.05) is 6.08 Å².